The first-order valence-corrected chi connectivity index (χ1v) is 10.1. The molecule has 0 fully saturated rings. The molecular formula is C22H26Cl2N2O2. The zero-order valence-corrected chi connectivity index (χ0v) is 17.9. The average Bonchev–Trinajstić information content (AvgIpc) is 2.65. The molecule has 0 aliphatic heterocycles. The molecule has 0 saturated heterocycles. The van der Waals surface area contributed by atoms with Crippen LogP contribution in [0.25, 0.3) is 0 Å². The van der Waals surface area contributed by atoms with Crippen LogP contribution in [0.15, 0.2) is 48.5 Å². The highest BCUT2D eigenvalue weighted by atomic mass is 35.5. The Morgan fingerprint density at radius 1 is 0.964 bits per heavy atom. The van der Waals surface area contributed by atoms with E-state index in [9.17, 15) is 9.59 Å². The predicted octanol–water partition coefficient (Wildman–Crippen LogP) is 4.87. The number of hydrogen-bond acceptors (Lipinski definition) is 2. The quantitative estimate of drug-likeness (QED) is 0.661. The van der Waals surface area contributed by atoms with E-state index < -0.39 is 6.04 Å². The SMILES string of the molecule is CC(C)NC(=O)[C@@H](C)N(Cc1c(Cl)cccc1Cl)C(=O)CCc1ccccc1. The zero-order valence-electron chi connectivity index (χ0n) is 16.4. The van der Waals surface area contributed by atoms with Crippen LogP contribution in [0, 0.1) is 0 Å². The van der Waals surface area contributed by atoms with Crippen LogP contribution in [0.3, 0.4) is 0 Å². The zero-order chi connectivity index (χ0) is 20.7. The van der Waals surface area contributed by atoms with Crippen molar-refractivity contribution in [1.29, 1.82) is 0 Å². The minimum Gasteiger partial charge on any atom is -0.352 e. The van der Waals surface area contributed by atoms with E-state index in [0.717, 1.165) is 5.56 Å². The number of nitrogens with zero attached hydrogens (tertiary/aromatic N) is 1. The van der Waals surface area contributed by atoms with Gasteiger partial charge in [-0.3, -0.25) is 9.59 Å². The molecule has 2 rings (SSSR count). The minimum absolute atomic E-state index is 0.0138. The summed E-state index contributed by atoms with van der Waals surface area (Å²) in [6.07, 6.45) is 0.899. The maximum Gasteiger partial charge on any atom is 0.242 e. The lowest BCUT2D eigenvalue weighted by atomic mass is 10.1. The van der Waals surface area contributed by atoms with E-state index in [1.54, 1.807) is 30.0 Å². The summed E-state index contributed by atoms with van der Waals surface area (Å²) < 4.78 is 0. The molecule has 150 valence electrons. The molecule has 2 aromatic rings. The maximum atomic E-state index is 13.0. The Kier molecular flexibility index (Phi) is 8.34. The fourth-order valence-corrected chi connectivity index (χ4v) is 3.40. The molecule has 0 aliphatic carbocycles. The molecule has 0 heterocycles. The molecule has 0 unspecified atom stereocenters. The molecule has 1 N–H and O–H groups in total. The molecule has 0 aromatic heterocycles. The third-order valence-electron chi connectivity index (χ3n) is 4.46. The molecule has 4 nitrogen and oxygen atoms in total. The van der Waals surface area contributed by atoms with Gasteiger partial charge in [0.2, 0.25) is 11.8 Å². The van der Waals surface area contributed by atoms with Crippen molar-refractivity contribution in [2.75, 3.05) is 0 Å². The topological polar surface area (TPSA) is 49.4 Å². The van der Waals surface area contributed by atoms with Crippen molar-refractivity contribution < 1.29 is 9.59 Å². The van der Waals surface area contributed by atoms with E-state index in [1.807, 2.05) is 44.2 Å². The van der Waals surface area contributed by atoms with Crippen LogP contribution < -0.4 is 5.32 Å². The fourth-order valence-electron chi connectivity index (χ4n) is 2.88. The molecule has 0 bridgehead atoms. The van der Waals surface area contributed by atoms with Gasteiger partial charge >= 0.3 is 0 Å². The fraction of sp³-hybridized carbons (Fsp3) is 0.364. The van der Waals surface area contributed by atoms with Gasteiger partial charge in [0.15, 0.2) is 0 Å². The first-order valence-electron chi connectivity index (χ1n) is 9.36. The lowest BCUT2D eigenvalue weighted by molar-refractivity contribution is -0.140. The molecule has 2 amide bonds. The van der Waals surface area contributed by atoms with Gasteiger partial charge in [0.25, 0.3) is 0 Å². The van der Waals surface area contributed by atoms with Gasteiger partial charge in [-0.05, 0) is 44.9 Å². The largest absolute Gasteiger partial charge is 0.352 e. The second-order valence-electron chi connectivity index (χ2n) is 7.05. The summed E-state index contributed by atoms with van der Waals surface area (Å²) in [5.41, 5.74) is 1.72. The Labute approximate surface area is 176 Å². The molecule has 1 atom stereocenters. The monoisotopic (exact) mass is 420 g/mol. The van der Waals surface area contributed by atoms with Gasteiger partial charge in [0.1, 0.15) is 6.04 Å². The van der Waals surface area contributed by atoms with E-state index >= 15 is 0 Å². The molecule has 0 spiro atoms. The van der Waals surface area contributed by atoms with E-state index in [1.165, 1.54) is 0 Å². The molecule has 2 aromatic carbocycles. The standard InChI is InChI=1S/C22H26Cl2N2O2/c1-15(2)25-22(28)16(3)26(14-18-19(23)10-7-11-20(18)24)21(27)13-12-17-8-5-4-6-9-17/h4-11,15-16H,12-14H2,1-3H3,(H,25,28)/t16-/m1/s1. The van der Waals surface area contributed by atoms with Crippen LogP contribution in [0.1, 0.15) is 38.3 Å². The van der Waals surface area contributed by atoms with Crippen LogP contribution >= 0.6 is 23.2 Å². The molecule has 0 aliphatic rings. The van der Waals surface area contributed by atoms with E-state index in [-0.39, 0.29) is 24.4 Å². The van der Waals surface area contributed by atoms with Crippen LogP contribution in [0.2, 0.25) is 10.0 Å². The van der Waals surface area contributed by atoms with Gasteiger partial charge in [-0.25, -0.2) is 0 Å². The normalized spacial score (nSPS) is 11.9. The van der Waals surface area contributed by atoms with Gasteiger partial charge in [-0.2, -0.15) is 0 Å². The number of amides is 2. The van der Waals surface area contributed by atoms with Crippen LogP contribution in [-0.2, 0) is 22.6 Å². The number of benzene rings is 2. The lowest BCUT2D eigenvalue weighted by Crippen LogP contribution is -2.49. The highest BCUT2D eigenvalue weighted by molar-refractivity contribution is 6.36. The van der Waals surface area contributed by atoms with Crippen molar-refractivity contribution in [3.05, 3.63) is 69.7 Å². The summed E-state index contributed by atoms with van der Waals surface area (Å²) in [5.74, 6) is -0.322. The molecule has 0 saturated carbocycles. The summed E-state index contributed by atoms with van der Waals surface area (Å²) >= 11 is 12.6. The van der Waals surface area contributed by atoms with E-state index in [0.29, 0.717) is 28.5 Å². The van der Waals surface area contributed by atoms with Crippen molar-refractivity contribution in [3.8, 4) is 0 Å². The Hall–Kier alpha value is -2.04. The number of aryl methyl sites for hydroxylation is 1. The predicted molar refractivity (Wildman–Crippen MR) is 115 cm³/mol. The van der Waals surface area contributed by atoms with E-state index in [4.69, 9.17) is 23.2 Å². The summed E-state index contributed by atoms with van der Waals surface area (Å²) in [4.78, 5) is 27.1. The van der Waals surface area contributed by atoms with Gasteiger partial charge < -0.3 is 10.2 Å². The van der Waals surface area contributed by atoms with Gasteiger partial charge in [-0.1, -0.05) is 59.6 Å². The Bertz CT molecular complexity index is 789. The van der Waals surface area contributed by atoms with Crippen molar-refractivity contribution in [3.63, 3.8) is 0 Å². The first-order chi connectivity index (χ1) is 13.3. The Morgan fingerprint density at radius 2 is 1.57 bits per heavy atom. The third-order valence-corrected chi connectivity index (χ3v) is 5.17. The van der Waals surface area contributed by atoms with Gasteiger partial charge in [0, 0.05) is 34.6 Å². The number of nitrogens with one attached hydrogen (secondary N) is 1. The first kappa shape index (κ1) is 22.3. The Morgan fingerprint density at radius 3 is 2.14 bits per heavy atom. The third kappa shape index (κ3) is 6.25. The van der Waals surface area contributed by atoms with Gasteiger partial charge in [-0.15, -0.1) is 0 Å². The van der Waals surface area contributed by atoms with Crippen LogP contribution in [-0.4, -0.2) is 28.8 Å². The number of carbonyl (C=O) groups is 2. The van der Waals surface area contributed by atoms with Crippen molar-refractivity contribution >= 4 is 35.0 Å². The van der Waals surface area contributed by atoms with Crippen molar-refractivity contribution in [1.82, 2.24) is 10.2 Å². The molecular weight excluding hydrogens is 395 g/mol. The summed E-state index contributed by atoms with van der Waals surface area (Å²) in [5, 5.41) is 3.82. The average molecular weight is 421 g/mol. The highest BCUT2D eigenvalue weighted by Gasteiger charge is 2.27. The smallest absolute Gasteiger partial charge is 0.242 e. The highest BCUT2D eigenvalue weighted by Crippen LogP contribution is 2.27. The number of carbonyl (C=O) groups excluding carboxylic acids is 2. The number of hydrogen-bond donors (Lipinski definition) is 1. The maximum absolute atomic E-state index is 13.0. The molecule has 6 heteroatoms. The van der Waals surface area contributed by atoms with Crippen molar-refractivity contribution in [2.45, 2.75) is 52.2 Å². The summed E-state index contributed by atoms with van der Waals surface area (Å²) in [7, 11) is 0. The van der Waals surface area contributed by atoms with Crippen LogP contribution in [0.5, 0.6) is 0 Å². The Balaban J connectivity index is 2.21. The number of rotatable bonds is 8. The number of halogens is 2. The molecule has 0 radical (unpaired) electrons. The summed E-state index contributed by atoms with van der Waals surface area (Å²) in [6.45, 7) is 5.68. The second kappa shape index (κ2) is 10.5. The lowest BCUT2D eigenvalue weighted by Gasteiger charge is -2.30. The summed E-state index contributed by atoms with van der Waals surface area (Å²) in [6, 6.07) is 14.4. The van der Waals surface area contributed by atoms with E-state index in [2.05, 4.69) is 5.32 Å². The minimum atomic E-state index is -0.641. The van der Waals surface area contributed by atoms with Crippen LogP contribution in [0.4, 0.5) is 0 Å². The second-order valence-corrected chi connectivity index (χ2v) is 7.86. The van der Waals surface area contributed by atoms with Crippen molar-refractivity contribution in [2.24, 2.45) is 0 Å². The molecule has 28 heavy (non-hydrogen) atoms. The van der Waals surface area contributed by atoms with Gasteiger partial charge in [0.05, 0.1) is 0 Å².